The molecule has 0 spiro atoms. The highest BCUT2D eigenvalue weighted by molar-refractivity contribution is 5.04. The van der Waals surface area contributed by atoms with E-state index in [0.29, 0.717) is 29.6 Å². The quantitative estimate of drug-likeness (QED) is 0.227. The van der Waals surface area contributed by atoms with E-state index < -0.39 is 31.1 Å². The number of aliphatic hydroxyl groups excluding tert-OH is 3. The third-order valence-electron chi connectivity index (χ3n) is 12.6. The van der Waals surface area contributed by atoms with Crippen LogP contribution in [-0.2, 0) is 90.0 Å². The van der Waals surface area contributed by atoms with Crippen LogP contribution in [0.1, 0.15) is 117 Å². The molecule has 5 atom stereocenters. The normalized spacial score (nSPS) is 26.3. The molecule has 9 heterocycles. The average Bonchev–Trinajstić information content (AvgIpc) is 4.08. The van der Waals surface area contributed by atoms with Gasteiger partial charge in [-0.1, -0.05) is 0 Å². The third-order valence-corrected chi connectivity index (χ3v) is 12.6. The molecule has 0 bridgehead atoms. The Bertz CT molecular complexity index is 1990. The number of aliphatic hydroxyl groups is 3. The van der Waals surface area contributed by atoms with Crippen LogP contribution >= 0.6 is 0 Å². The predicted octanol–water partition coefficient (Wildman–Crippen LogP) is 7.27. The van der Waals surface area contributed by atoms with Gasteiger partial charge in [0.25, 0.3) is 6.29 Å². The fourth-order valence-electron chi connectivity index (χ4n) is 7.26. The first-order valence-electron chi connectivity index (χ1n) is 26.0. The summed E-state index contributed by atoms with van der Waals surface area (Å²) in [6, 6.07) is 0. The first kappa shape index (κ1) is 67.3. The molecule has 24 nitrogen and oxygen atoms in total. The summed E-state index contributed by atoms with van der Waals surface area (Å²) < 4.78 is 99.6. The van der Waals surface area contributed by atoms with Crippen LogP contribution in [0.25, 0.3) is 0 Å². The summed E-state index contributed by atoms with van der Waals surface area (Å²) in [6.07, 6.45) is -1.00. The van der Waals surface area contributed by atoms with Gasteiger partial charge in [-0.05, 0) is 96.9 Å². The molecule has 0 amide bonds. The molecule has 24 heteroatoms. The lowest BCUT2D eigenvalue weighted by Crippen LogP contribution is -2.52. The van der Waals surface area contributed by atoms with Crippen molar-refractivity contribution in [2.45, 2.75) is 173 Å². The van der Waals surface area contributed by atoms with Gasteiger partial charge in [0.05, 0.1) is 46.2 Å². The van der Waals surface area contributed by atoms with Crippen LogP contribution in [-0.4, -0.2) is 175 Å². The van der Waals surface area contributed by atoms with Crippen molar-refractivity contribution in [1.29, 1.82) is 0 Å². The van der Waals surface area contributed by atoms with Crippen LogP contribution in [0.5, 0.6) is 0 Å². The van der Waals surface area contributed by atoms with Crippen molar-refractivity contribution in [1.82, 2.24) is 9.80 Å². The van der Waals surface area contributed by atoms with Crippen molar-refractivity contribution in [3.63, 3.8) is 0 Å². The van der Waals surface area contributed by atoms with Gasteiger partial charge >= 0.3 is 19.4 Å². The smallest absolute Gasteiger partial charge is 0.360 e. The lowest BCUT2D eigenvalue weighted by molar-refractivity contribution is -0.239. The van der Waals surface area contributed by atoms with Crippen LogP contribution in [0.2, 0.25) is 0 Å². The number of hydrogen-bond acceptors (Lipinski definition) is 24. The minimum atomic E-state index is -1.07. The van der Waals surface area contributed by atoms with E-state index in [4.69, 9.17) is 95.8 Å². The zero-order chi connectivity index (χ0) is 58.3. The van der Waals surface area contributed by atoms with Gasteiger partial charge in [0.2, 0.25) is 18.3 Å². The van der Waals surface area contributed by atoms with Crippen LogP contribution in [0.15, 0.2) is 80.6 Å². The van der Waals surface area contributed by atoms with Crippen molar-refractivity contribution in [3.05, 3.63) is 80.6 Å². The Morgan fingerprint density at radius 3 is 1.24 bits per heavy atom. The van der Waals surface area contributed by atoms with E-state index in [2.05, 4.69) is 19.3 Å². The van der Waals surface area contributed by atoms with Crippen molar-refractivity contribution < 1.29 is 105 Å². The molecule has 450 valence electrons. The van der Waals surface area contributed by atoms with Gasteiger partial charge < -0.3 is 105 Å². The summed E-state index contributed by atoms with van der Waals surface area (Å²) in [5.74, 6) is 10.6. The number of hydrogen-bond donors (Lipinski definition) is 3. The molecule has 2 saturated heterocycles. The van der Waals surface area contributed by atoms with Gasteiger partial charge in [-0.3, -0.25) is 4.90 Å². The minimum absolute atomic E-state index is 0.0635. The molecule has 9 rings (SSSR count). The van der Waals surface area contributed by atoms with E-state index >= 15 is 0 Å². The second-order valence-electron chi connectivity index (χ2n) is 18.9. The molecule has 2 fully saturated rings. The van der Waals surface area contributed by atoms with Crippen molar-refractivity contribution >= 4 is 0 Å². The average molecular weight is 1120 g/mol. The molecule has 9 aliphatic heterocycles. The van der Waals surface area contributed by atoms with E-state index in [1.807, 2.05) is 83.1 Å². The second kappa shape index (κ2) is 33.5. The molecule has 0 aliphatic carbocycles. The first-order valence-corrected chi connectivity index (χ1v) is 26.0. The van der Waals surface area contributed by atoms with Crippen molar-refractivity contribution in [3.8, 4) is 0 Å². The highest BCUT2D eigenvalue weighted by Gasteiger charge is 2.36. The summed E-state index contributed by atoms with van der Waals surface area (Å²) in [5, 5.41) is 26.3. The maximum atomic E-state index is 8.89. The highest BCUT2D eigenvalue weighted by Crippen LogP contribution is 2.30. The topological polar surface area (TPSA) is 243 Å². The van der Waals surface area contributed by atoms with Gasteiger partial charge in [-0.15, -0.1) is 0 Å². The molecule has 9 aliphatic rings. The van der Waals surface area contributed by atoms with Gasteiger partial charge in [0, 0.05) is 67.8 Å². The molecule has 0 aromatic rings. The number of nitrogens with zero attached hydrogens (tertiary/aromatic N) is 2. The monoisotopic (exact) mass is 1120 g/mol. The second-order valence-corrected chi connectivity index (χ2v) is 18.9. The molecule has 3 N–H and O–H groups in total. The number of ether oxygens (including phenoxy) is 19. The van der Waals surface area contributed by atoms with E-state index in [-0.39, 0.29) is 38.2 Å². The maximum absolute atomic E-state index is 8.89. The molecule has 0 radical (unpaired) electrons. The SMILES string of the molecule is CC1=C(C)OC(C)(C)O1.CC1=C(C)OC(CO)CCO1.CC1=C(C)OC(N2CCOCC2)O1.CC1=C(C)OC(O)O1.COC1OC(C)=C(C)O1.COC1OC(C)=C(C)OC1CO.COC1OC(C)=C(C)OC1N1CCOCC1. The minimum Gasteiger partial charge on any atom is -0.495 e. The Hall–Kier alpha value is -5.02. The fraction of sp³-hybridized carbons (Fsp3) is 0.741. The Labute approximate surface area is 461 Å². The Balaban J connectivity index is 0.000000242. The van der Waals surface area contributed by atoms with Gasteiger partial charge in [-0.2, -0.15) is 0 Å². The van der Waals surface area contributed by atoms with Gasteiger partial charge in [-0.25, -0.2) is 4.90 Å². The predicted molar refractivity (Wildman–Crippen MR) is 280 cm³/mol. The van der Waals surface area contributed by atoms with E-state index in [1.165, 1.54) is 14.2 Å². The largest absolute Gasteiger partial charge is 0.495 e. The molecule has 78 heavy (non-hydrogen) atoms. The molecule has 0 aromatic heterocycles. The molecule has 5 unspecified atom stereocenters. The Morgan fingerprint density at radius 2 is 0.846 bits per heavy atom. The summed E-state index contributed by atoms with van der Waals surface area (Å²) in [5.41, 5.74) is 0. The lowest BCUT2D eigenvalue weighted by Gasteiger charge is -2.40. The summed E-state index contributed by atoms with van der Waals surface area (Å²) >= 11 is 0. The first-order chi connectivity index (χ1) is 36.9. The lowest BCUT2D eigenvalue weighted by atomic mass is 10.3. The van der Waals surface area contributed by atoms with Crippen molar-refractivity contribution in [2.24, 2.45) is 0 Å². The summed E-state index contributed by atoms with van der Waals surface area (Å²) in [6.45, 7) is 35.2. The van der Waals surface area contributed by atoms with Crippen LogP contribution in [0, 0.1) is 0 Å². The van der Waals surface area contributed by atoms with Gasteiger partial charge in [0.1, 0.15) is 86.7 Å². The third kappa shape index (κ3) is 22.3. The Kier molecular flexibility index (Phi) is 28.9. The maximum Gasteiger partial charge on any atom is 0.360 e. The van der Waals surface area contributed by atoms with Gasteiger partial charge in [0.15, 0.2) is 6.10 Å². The fourth-order valence-corrected chi connectivity index (χ4v) is 7.26. The number of rotatable bonds is 7. The van der Waals surface area contributed by atoms with Crippen LogP contribution in [0.3, 0.4) is 0 Å². The molecule has 0 aromatic carbocycles. The number of morpholine rings is 2. The number of allylic oxidation sites excluding steroid dienone is 14. The highest BCUT2D eigenvalue weighted by atomic mass is 16.9. The van der Waals surface area contributed by atoms with Crippen LogP contribution in [0.4, 0.5) is 0 Å². The van der Waals surface area contributed by atoms with E-state index in [1.54, 1.807) is 34.8 Å². The van der Waals surface area contributed by atoms with Crippen molar-refractivity contribution in [2.75, 3.05) is 93.8 Å². The van der Waals surface area contributed by atoms with E-state index in [0.717, 1.165) is 117 Å². The molecule has 0 saturated carbocycles. The number of methoxy groups -OCH3 is 3. The zero-order valence-electron chi connectivity index (χ0n) is 49.6. The van der Waals surface area contributed by atoms with Crippen LogP contribution < -0.4 is 0 Å². The molecular weight excluding hydrogens is 1030 g/mol. The molecular formula is C54H92N2O22. The zero-order valence-corrected chi connectivity index (χ0v) is 49.6. The Morgan fingerprint density at radius 1 is 0.436 bits per heavy atom. The van der Waals surface area contributed by atoms with E-state index in [9.17, 15) is 0 Å². The summed E-state index contributed by atoms with van der Waals surface area (Å²) in [7, 11) is 4.69. The standard InChI is InChI=1S/C11H19NO4.C9H15NO3.C8H14O4.C8H14O3.C7H12O2.C6H10O3.C5H8O3/c1-8-9(2)16-11(13-3)10(15-8)12-4-6-14-7-5-12;1-7-8(2)13-9(12-7)10-3-5-11-6-4-10;1-5-6(2)12-8(10-3)7(4-9)11-5;1-6-7(2)11-8(5-9)3-4-10-6;1-5-6(2)9-7(3,4)8-5;1-4-5(2)9-6(7-3)8-4;1-3-4(2)8-5(6)7-3/h10-11H,4-7H2,1-3H3;9H,3-6H2,1-2H3;7-9H,4H2,1-3H3;8-9H,3-5H2,1-2H3;1-4H3;6H,1-3H3;5-6H,1-2H3. The summed E-state index contributed by atoms with van der Waals surface area (Å²) in [4.78, 5) is 4.33.